The molecule has 1 amide bonds. The van der Waals surface area contributed by atoms with E-state index >= 15 is 0 Å². The van der Waals surface area contributed by atoms with Gasteiger partial charge in [-0.3, -0.25) is 4.79 Å². The Kier molecular flexibility index (Phi) is 9.80. The molecular weight excluding hydrogens is 484 g/mol. The minimum Gasteiger partial charge on any atom is -0.494 e. The van der Waals surface area contributed by atoms with Gasteiger partial charge < -0.3 is 29.9 Å². The number of amides is 1. The van der Waals surface area contributed by atoms with Crippen LogP contribution in [0.25, 0.3) is 5.82 Å². The van der Waals surface area contributed by atoms with Crippen molar-refractivity contribution >= 4 is 28.9 Å². The fourth-order valence-corrected chi connectivity index (χ4v) is 3.93. The minimum atomic E-state index is -0.325. The molecule has 3 rings (SSSR count). The van der Waals surface area contributed by atoms with Crippen LogP contribution in [0.2, 0.25) is 0 Å². The highest BCUT2D eigenvalue weighted by Gasteiger charge is 2.18. The van der Waals surface area contributed by atoms with Crippen molar-refractivity contribution in [2.24, 2.45) is 0 Å². The van der Waals surface area contributed by atoms with Crippen molar-refractivity contribution in [3.05, 3.63) is 54.5 Å². The van der Waals surface area contributed by atoms with Gasteiger partial charge in [0.2, 0.25) is 11.9 Å². The van der Waals surface area contributed by atoms with Crippen molar-refractivity contribution in [2.75, 3.05) is 64.0 Å². The monoisotopic (exact) mass is 522 g/mol. The van der Waals surface area contributed by atoms with Crippen LogP contribution < -0.4 is 20.3 Å². The lowest BCUT2D eigenvalue weighted by Gasteiger charge is -2.24. The third-order valence-corrected chi connectivity index (χ3v) is 5.78. The van der Waals surface area contributed by atoms with E-state index in [4.69, 9.17) is 19.6 Å². The van der Waals surface area contributed by atoms with Crippen molar-refractivity contribution in [3.63, 3.8) is 0 Å². The van der Waals surface area contributed by atoms with Crippen LogP contribution in [0.5, 0.6) is 5.75 Å². The summed E-state index contributed by atoms with van der Waals surface area (Å²) in [5.74, 6) is 1.50. The van der Waals surface area contributed by atoms with Crippen LogP contribution in [0.3, 0.4) is 0 Å². The van der Waals surface area contributed by atoms with Gasteiger partial charge in [0.15, 0.2) is 5.82 Å². The van der Waals surface area contributed by atoms with Crippen LogP contribution >= 0.6 is 0 Å². The molecule has 2 N–H and O–H groups in total. The van der Waals surface area contributed by atoms with E-state index in [1.807, 2.05) is 44.4 Å². The van der Waals surface area contributed by atoms with E-state index in [0.29, 0.717) is 42.0 Å². The lowest BCUT2D eigenvalue weighted by atomic mass is 10.1. The molecule has 0 aliphatic carbocycles. The van der Waals surface area contributed by atoms with Crippen LogP contribution in [0, 0.1) is 0 Å². The summed E-state index contributed by atoms with van der Waals surface area (Å²) in [6.45, 7) is 9.74. The standard InChI is InChI=1S/C27H38N8O3/c1-9-25(36)29-20-14-21(23(38-8)15-22(20)34(6)12-13-37-7)30-27-28-11-10-24(31-27)35-17-19(16-33(4)5)26(32-35)18(2)3/h9-11,14-15,17-18H,1,12-13,16H2,2-8H3,(H,29,36)(H,28,30,31). The normalized spacial score (nSPS) is 11.1. The smallest absolute Gasteiger partial charge is 0.247 e. The predicted octanol–water partition coefficient (Wildman–Crippen LogP) is 3.81. The van der Waals surface area contributed by atoms with Crippen LogP contribution in [-0.2, 0) is 16.1 Å². The quantitative estimate of drug-likeness (QED) is 0.324. The molecule has 1 aromatic carbocycles. The highest BCUT2D eigenvalue weighted by molar-refractivity contribution is 6.02. The van der Waals surface area contributed by atoms with Gasteiger partial charge in [0, 0.05) is 57.3 Å². The number of carbonyl (C=O) groups excluding carboxylic acids is 1. The number of likely N-dealkylation sites (N-methyl/N-ethyl adjacent to an activating group) is 1. The molecule has 0 unspecified atom stereocenters. The van der Waals surface area contributed by atoms with Gasteiger partial charge in [0.1, 0.15) is 5.75 Å². The number of nitrogens with one attached hydrogen (secondary N) is 2. The Morgan fingerprint density at radius 2 is 1.97 bits per heavy atom. The Hall–Kier alpha value is -3.96. The number of aromatic nitrogens is 4. The molecule has 0 aliphatic rings. The highest BCUT2D eigenvalue weighted by atomic mass is 16.5. The molecule has 11 nitrogen and oxygen atoms in total. The highest BCUT2D eigenvalue weighted by Crippen LogP contribution is 2.38. The van der Waals surface area contributed by atoms with Crippen molar-refractivity contribution in [2.45, 2.75) is 26.3 Å². The lowest BCUT2D eigenvalue weighted by Crippen LogP contribution is -2.24. The number of hydrogen-bond donors (Lipinski definition) is 2. The fraction of sp³-hybridized carbons (Fsp3) is 0.407. The van der Waals surface area contributed by atoms with E-state index in [2.05, 4.69) is 40.9 Å². The van der Waals surface area contributed by atoms with Crippen molar-refractivity contribution in [1.29, 1.82) is 0 Å². The topological polar surface area (TPSA) is 110 Å². The largest absolute Gasteiger partial charge is 0.494 e. The summed E-state index contributed by atoms with van der Waals surface area (Å²) in [6, 6.07) is 5.44. The third-order valence-electron chi connectivity index (χ3n) is 5.78. The van der Waals surface area contributed by atoms with Gasteiger partial charge >= 0.3 is 0 Å². The van der Waals surface area contributed by atoms with Crippen LogP contribution in [0.1, 0.15) is 31.0 Å². The average Bonchev–Trinajstić information content (AvgIpc) is 3.31. The molecule has 2 aromatic heterocycles. The summed E-state index contributed by atoms with van der Waals surface area (Å²) < 4.78 is 12.7. The number of ether oxygens (including phenoxy) is 2. The molecule has 0 aliphatic heterocycles. The Balaban J connectivity index is 1.98. The third kappa shape index (κ3) is 7.08. The summed E-state index contributed by atoms with van der Waals surface area (Å²) in [5, 5.41) is 10.9. The molecule has 0 radical (unpaired) electrons. The molecule has 38 heavy (non-hydrogen) atoms. The summed E-state index contributed by atoms with van der Waals surface area (Å²) >= 11 is 0. The number of benzene rings is 1. The van der Waals surface area contributed by atoms with Gasteiger partial charge in [-0.25, -0.2) is 9.67 Å². The second-order valence-corrected chi connectivity index (χ2v) is 9.42. The molecule has 0 atom stereocenters. The maximum atomic E-state index is 12.2. The van der Waals surface area contributed by atoms with E-state index in [0.717, 1.165) is 23.5 Å². The van der Waals surface area contributed by atoms with Crippen LogP contribution in [-0.4, -0.2) is 79.1 Å². The van der Waals surface area contributed by atoms with E-state index in [9.17, 15) is 4.79 Å². The zero-order chi connectivity index (χ0) is 27.8. The van der Waals surface area contributed by atoms with Gasteiger partial charge in [-0.05, 0) is 32.2 Å². The Bertz CT molecular complexity index is 1260. The molecule has 204 valence electrons. The van der Waals surface area contributed by atoms with Gasteiger partial charge in [-0.15, -0.1) is 0 Å². The first kappa shape index (κ1) is 28.6. The minimum absolute atomic E-state index is 0.277. The summed E-state index contributed by atoms with van der Waals surface area (Å²) in [5.41, 5.74) is 4.11. The van der Waals surface area contributed by atoms with Gasteiger partial charge in [0.25, 0.3) is 0 Å². The van der Waals surface area contributed by atoms with Crippen molar-refractivity contribution in [3.8, 4) is 11.6 Å². The van der Waals surface area contributed by atoms with E-state index in [1.165, 1.54) is 6.08 Å². The van der Waals surface area contributed by atoms with Crippen LogP contribution in [0.4, 0.5) is 23.0 Å². The van der Waals surface area contributed by atoms with Crippen molar-refractivity contribution < 1.29 is 14.3 Å². The summed E-state index contributed by atoms with van der Waals surface area (Å²) in [7, 11) is 9.22. The molecule has 0 spiro atoms. The molecule has 0 fully saturated rings. The maximum absolute atomic E-state index is 12.2. The molecule has 3 aromatic rings. The number of methoxy groups -OCH3 is 2. The Labute approximate surface area is 224 Å². The summed E-state index contributed by atoms with van der Waals surface area (Å²) in [6.07, 6.45) is 4.91. The summed E-state index contributed by atoms with van der Waals surface area (Å²) in [4.78, 5) is 25.4. The Morgan fingerprint density at radius 3 is 2.61 bits per heavy atom. The van der Waals surface area contributed by atoms with Gasteiger partial charge in [0.05, 0.1) is 36.5 Å². The molecule has 0 saturated carbocycles. The fourth-order valence-electron chi connectivity index (χ4n) is 3.93. The SMILES string of the molecule is C=CC(=O)Nc1cc(Nc2nccc(-n3cc(CN(C)C)c(C(C)C)n3)n2)c(OC)cc1N(C)CCOC. The number of rotatable bonds is 13. The van der Waals surface area contributed by atoms with E-state index < -0.39 is 0 Å². The van der Waals surface area contributed by atoms with E-state index in [-0.39, 0.29) is 11.8 Å². The maximum Gasteiger partial charge on any atom is 0.247 e. The van der Waals surface area contributed by atoms with Gasteiger partial charge in [-0.1, -0.05) is 20.4 Å². The number of anilines is 4. The van der Waals surface area contributed by atoms with Crippen molar-refractivity contribution in [1.82, 2.24) is 24.6 Å². The zero-order valence-electron chi connectivity index (χ0n) is 23.3. The molecule has 0 bridgehead atoms. The molecule has 2 heterocycles. The second-order valence-electron chi connectivity index (χ2n) is 9.42. The molecule has 0 saturated heterocycles. The van der Waals surface area contributed by atoms with Gasteiger partial charge in [-0.2, -0.15) is 10.1 Å². The zero-order valence-corrected chi connectivity index (χ0v) is 23.3. The van der Waals surface area contributed by atoms with E-state index in [1.54, 1.807) is 31.2 Å². The van der Waals surface area contributed by atoms with Crippen LogP contribution in [0.15, 0.2) is 43.2 Å². The molecular formula is C27H38N8O3. The Morgan fingerprint density at radius 1 is 1.21 bits per heavy atom. The molecule has 11 heteroatoms. The number of carbonyl (C=O) groups is 1. The second kappa shape index (κ2) is 13.0. The average molecular weight is 523 g/mol. The number of hydrogen-bond acceptors (Lipinski definition) is 9. The first-order valence-corrected chi connectivity index (χ1v) is 12.4. The lowest BCUT2D eigenvalue weighted by molar-refractivity contribution is -0.111. The first-order chi connectivity index (χ1) is 18.2. The first-order valence-electron chi connectivity index (χ1n) is 12.4. The number of nitrogens with zero attached hydrogens (tertiary/aromatic N) is 6. The predicted molar refractivity (Wildman–Crippen MR) is 151 cm³/mol.